The number of anilines is 2. The molecule has 1 atom stereocenters. The van der Waals surface area contributed by atoms with E-state index in [2.05, 4.69) is 73.4 Å². The summed E-state index contributed by atoms with van der Waals surface area (Å²) in [6, 6.07) is 5.90. The fraction of sp³-hybridized carbons (Fsp3) is 0.432. The smallest absolute Gasteiger partial charge is 0.269 e. The SMILES string of the molecule is C/C=C(\C)CN(C)C(=O)C1=CC=C(c2cccc(NC(/C=C(\N)NC(=O)C3CC3)=C(\C)N)c2NC)CN1.CCC(C)=C(C)/C=C\C(Cl)=C/C(C)CC.CNC=O. The minimum atomic E-state index is -0.0634. The van der Waals surface area contributed by atoms with Gasteiger partial charge in [0, 0.05) is 62.5 Å². The maximum absolute atomic E-state index is 12.8. The highest BCUT2D eigenvalue weighted by molar-refractivity contribution is 6.31. The van der Waals surface area contributed by atoms with Crippen LogP contribution in [0.1, 0.15) is 86.6 Å². The van der Waals surface area contributed by atoms with Gasteiger partial charge in [-0.1, -0.05) is 91.9 Å². The van der Waals surface area contributed by atoms with Crippen molar-refractivity contribution in [2.45, 2.75) is 81.1 Å². The molecule has 0 bridgehead atoms. The first-order chi connectivity index (χ1) is 26.6. The van der Waals surface area contributed by atoms with E-state index in [1.165, 1.54) is 11.1 Å². The second-order valence-electron chi connectivity index (χ2n) is 14.0. The Morgan fingerprint density at radius 1 is 1.07 bits per heavy atom. The van der Waals surface area contributed by atoms with Crippen molar-refractivity contribution < 1.29 is 14.4 Å². The van der Waals surface area contributed by atoms with Gasteiger partial charge in [0.05, 0.1) is 17.1 Å². The number of rotatable bonds is 16. The summed E-state index contributed by atoms with van der Waals surface area (Å²) in [6.07, 6.45) is 18.3. The Bertz CT molecular complexity index is 1740. The molecule has 1 aliphatic heterocycles. The normalized spacial score (nSPS) is 15.8. The zero-order chi connectivity index (χ0) is 42.4. The molecule has 1 fully saturated rings. The first-order valence-electron chi connectivity index (χ1n) is 19.2. The Hall–Kier alpha value is -5.16. The Morgan fingerprint density at radius 2 is 1.73 bits per heavy atom. The van der Waals surface area contributed by atoms with Crippen LogP contribution >= 0.6 is 11.6 Å². The number of amides is 3. The van der Waals surface area contributed by atoms with E-state index in [4.69, 9.17) is 27.9 Å². The van der Waals surface area contributed by atoms with Crippen LogP contribution in [-0.4, -0.2) is 57.4 Å². The molecule has 11 nitrogen and oxygen atoms in total. The maximum Gasteiger partial charge on any atom is 0.269 e. The molecule has 1 heterocycles. The molecule has 1 aromatic rings. The van der Waals surface area contributed by atoms with Crippen LogP contribution < -0.4 is 38.1 Å². The third kappa shape index (κ3) is 17.5. The minimum Gasteiger partial charge on any atom is -0.401 e. The number of hydrogen-bond donors (Lipinski definition) is 7. The molecule has 1 unspecified atom stereocenters. The molecule has 3 rings (SSSR count). The molecule has 0 saturated heterocycles. The van der Waals surface area contributed by atoms with Crippen LogP contribution in [0.25, 0.3) is 5.57 Å². The molecular formula is C44H67ClN8O3. The van der Waals surface area contributed by atoms with Crippen LogP contribution in [0.15, 0.2) is 105 Å². The zero-order valence-corrected chi connectivity index (χ0v) is 36.2. The molecule has 2 aliphatic rings. The van der Waals surface area contributed by atoms with Gasteiger partial charge in [0.2, 0.25) is 12.3 Å². The second-order valence-corrected chi connectivity index (χ2v) is 14.4. The number of carbonyl (C=O) groups is 3. The summed E-state index contributed by atoms with van der Waals surface area (Å²) in [5.74, 6) is 0.735. The highest BCUT2D eigenvalue weighted by Crippen LogP contribution is 2.33. The van der Waals surface area contributed by atoms with Gasteiger partial charge in [-0.05, 0) is 83.6 Å². The number of likely N-dealkylation sites (N-methyl/N-ethyl adjacent to an activating group) is 1. The Labute approximate surface area is 341 Å². The van der Waals surface area contributed by atoms with E-state index in [1.807, 2.05) is 63.4 Å². The number of carbonyl (C=O) groups excluding carboxylic acids is 3. The van der Waals surface area contributed by atoms with E-state index in [0.717, 1.165) is 58.8 Å². The van der Waals surface area contributed by atoms with Crippen LogP contribution in [0, 0.1) is 11.8 Å². The van der Waals surface area contributed by atoms with Crippen LogP contribution in [0.2, 0.25) is 0 Å². The van der Waals surface area contributed by atoms with Crippen molar-refractivity contribution in [2.24, 2.45) is 23.3 Å². The monoisotopic (exact) mass is 791 g/mol. The van der Waals surface area contributed by atoms with Gasteiger partial charge < -0.3 is 43.0 Å². The standard InChI is InChI=1S/C28H39N7O2.C14H23Cl.C2H5NO/c1-6-17(2)16-35(5)28(37)23-13-12-20(15-32-23)21-8-7-9-22(26(21)31-4)33-24(18(3)29)14-25(30)34-27(36)19-10-11-19;1-6-11(3)10-14(15)9-8-13(5)12(4)7-2;1-3-2-4/h6-9,12-14,19,31-33H,10-11,15-16,29-30H2,1-5H3,(H,34,36);8-11H,6-7H2,1-5H3;2H,1H3,(H,3,4)/b17-6+,24-18+,25-14+;9-8-,13-12?,14-10+;. The van der Waals surface area contributed by atoms with Gasteiger partial charge >= 0.3 is 0 Å². The lowest BCUT2D eigenvalue weighted by Crippen LogP contribution is -2.36. The fourth-order valence-corrected chi connectivity index (χ4v) is 5.28. The van der Waals surface area contributed by atoms with Gasteiger partial charge in [0.15, 0.2) is 0 Å². The van der Waals surface area contributed by atoms with E-state index in [9.17, 15) is 9.59 Å². The molecule has 56 heavy (non-hydrogen) atoms. The number of allylic oxidation sites excluding steroid dienone is 11. The molecule has 0 spiro atoms. The van der Waals surface area contributed by atoms with E-state index in [1.54, 1.807) is 32.0 Å². The number of hydrogen-bond acceptors (Lipinski definition) is 8. The largest absolute Gasteiger partial charge is 0.401 e. The van der Waals surface area contributed by atoms with Gasteiger partial charge in [0.25, 0.3) is 5.91 Å². The van der Waals surface area contributed by atoms with Crippen molar-refractivity contribution in [3.05, 3.63) is 111 Å². The van der Waals surface area contributed by atoms with Gasteiger partial charge in [-0.2, -0.15) is 0 Å². The minimum absolute atomic E-state index is 0.0490. The molecule has 12 heteroatoms. The number of dihydropyridines is 1. The predicted molar refractivity (Wildman–Crippen MR) is 237 cm³/mol. The average Bonchev–Trinajstić information content (AvgIpc) is 4.05. The number of nitrogens with two attached hydrogens (primary N) is 2. The van der Waals surface area contributed by atoms with Gasteiger partial charge in [0.1, 0.15) is 11.5 Å². The maximum atomic E-state index is 12.8. The Balaban J connectivity index is 0.000000687. The first kappa shape index (κ1) is 48.9. The molecule has 0 aromatic heterocycles. The summed E-state index contributed by atoms with van der Waals surface area (Å²) >= 11 is 6.10. The summed E-state index contributed by atoms with van der Waals surface area (Å²) in [6.45, 7) is 17.6. The topological polar surface area (TPSA) is 167 Å². The lowest BCUT2D eigenvalue weighted by atomic mass is 9.99. The van der Waals surface area contributed by atoms with Crippen molar-refractivity contribution in [1.29, 1.82) is 0 Å². The number of nitrogens with one attached hydrogen (secondary N) is 5. The Kier molecular flexibility index (Phi) is 22.5. The highest BCUT2D eigenvalue weighted by atomic mass is 35.5. The molecule has 9 N–H and O–H groups in total. The van der Waals surface area contributed by atoms with Gasteiger partial charge in [-0.25, -0.2) is 0 Å². The van der Waals surface area contributed by atoms with Crippen LogP contribution in [0.5, 0.6) is 0 Å². The highest BCUT2D eigenvalue weighted by Gasteiger charge is 2.29. The number of halogens is 1. The molecule has 1 aliphatic carbocycles. The number of benzene rings is 1. The summed E-state index contributed by atoms with van der Waals surface area (Å²) in [5, 5.41) is 15.7. The summed E-state index contributed by atoms with van der Waals surface area (Å²) in [7, 11) is 5.21. The third-order valence-corrected chi connectivity index (χ3v) is 9.50. The third-order valence-electron chi connectivity index (χ3n) is 9.25. The first-order valence-corrected chi connectivity index (χ1v) is 19.6. The average molecular weight is 792 g/mol. The van der Waals surface area contributed by atoms with E-state index in [0.29, 0.717) is 42.5 Å². The van der Waals surface area contributed by atoms with E-state index < -0.39 is 0 Å². The number of nitrogens with zero attached hydrogens (tertiary/aromatic N) is 1. The fourth-order valence-electron chi connectivity index (χ4n) is 5.01. The quantitative estimate of drug-likeness (QED) is 0.0507. The van der Waals surface area contributed by atoms with Crippen molar-refractivity contribution in [3.63, 3.8) is 0 Å². The second kappa shape index (κ2) is 25.8. The van der Waals surface area contributed by atoms with Gasteiger partial charge in [-0.15, -0.1) is 0 Å². The number of para-hydroxylation sites is 1. The van der Waals surface area contributed by atoms with Crippen molar-refractivity contribution >= 4 is 46.8 Å². The zero-order valence-electron chi connectivity index (χ0n) is 35.5. The van der Waals surface area contributed by atoms with Crippen molar-refractivity contribution in [2.75, 3.05) is 44.9 Å². The van der Waals surface area contributed by atoms with Crippen LogP contribution in [0.3, 0.4) is 0 Å². The summed E-state index contributed by atoms with van der Waals surface area (Å²) in [5.41, 5.74) is 21.4. The van der Waals surface area contributed by atoms with Crippen LogP contribution in [-0.2, 0) is 14.4 Å². The lowest BCUT2D eigenvalue weighted by molar-refractivity contribution is -0.126. The molecule has 1 aromatic carbocycles. The molecule has 0 radical (unpaired) electrons. The predicted octanol–water partition coefficient (Wildman–Crippen LogP) is 7.77. The molecule has 308 valence electrons. The van der Waals surface area contributed by atoms with Crippen molar-refractivity contribution in [1.82, 2.24) is 20.9 Å². The van der Waals surface area contributed by atoms with Crippen LogP contribution in [0.4, 0.5) is 11.4 Å². The van der Waals surface area contributed by atoms with Crippen molar-refractivity contribution in [3.8, 4) is 0 Å². The molecule has 3 amide bonds. The molecule has 1 saturated carbocycles. The summed E-state index contributed by atoms with van der Waals surface area (Å²) < 4.78 is 0. The summed E-state index contributed by atoms with van der Waals surface area (Å²) in [4.78, 5) is 35.6. The van der Waals surface area contributed by atoms with E-state index >= 15 is 0 Å². The lowest BCUT2D eigenvalue weighted by Gasteiger charge is -2.24. The Morgan fingerprint density at radius 3 is 2.23 bits per heavy atom. The molecular weight excluding hydrogens is 724 g/mol. The van der Waals surface area contributed by atoms with Gasteiger partial charge in [-0.3, -0.25) is 14.4 Å². The van der Waals surface area contributed by atoms with E-state index in [-0.39, 0.29) is 23.6 Å².